The molecule has 6 nitrogen and oxygen atoms in total. The molecule has 0 aromatic heterocycles. The number of carbonyl (C=O) groups excluding carboxylic acids is 1. The zero-order chi connectivity index (χ0) is 15.4. The monoisotopic (exact) mass is 286 g/mol. The van der Waals surface area contributed by atoms with Gasteiger partial charge in [-0.1, -0.05) is 12.1 Å². The maximum absolute atomic E-state index is 12.2. The number of carboxylic acids is 1. The van der Waals surface area contributed by atoms with Crippen molar-refractivity contribution in [2.75, 3.05) is 18.2 Å². The second-order valence-corrected chi connectivity index (χ2v) is 4.26. The van der Waals surface area contributed by atoms with E-state index in [0.717, 1.165) is 0 Å². The van der Waals surface area contributed by atoms with Crippen LogP contribution in [0.4, 0.5) is 11.4 Å². The molecule has 0 saturated carbocycles. The second kappa shape index (κ2) is 5.96. The molecule has 0 aliphatic heterocycles. The van der Waals surface area contributed by atoms with Crippen molar-refractivity contribution < 1.29 is 19.4 Å². The molecular formula is C15H14N2O4. The fourth-order valence-corrected chi connectivity index (χ4v) is 1.83. The molecule has 0 aliphatic carbocycles. The maximum Gasteiger partial charge on any atom is 0.335 e. The Labute approximate surface area is 121 Å². The van der Waals surface area contributed by atoms with E-state index in [0.29, 0.717) is 17.0 Å². The first-order chi connectivity index (χ1) is 10.0. The molecule has 2 aromatic rings. The van der Waals surface area contributed by atoms with E-state index in [4.69, 9.17) is 15.6 Å². The average Bonchev–Trinajstić information content (AvgIpc) is 2.48. The van der Waals surface area contributed by atoms with Gasteiger partial charge in [-0.2, -0.15) is 0 Å². The van der Waals surface area contributed by atoms with Crippen molar-refractivity contribution in [3.05, 3.63) is 53.6 Å². The number of hydrogen-bond acceptors (Lipinski definition) is 4. The number of anilines is 2. The van der Waals surface area contributed by atoms with E-state index in [1.54, 1.807) is 24.3 Å². The third-order valence-corrected chi connectivity index (χ3v) is 2.90. The van der Waals surface area contributed by atoms with Crippen molar-refractivity contribution in [2.45, 2.75) is 0 Å². The van der Waals surface area contributed by atoms with Crippen LogP contribution in [0, 0.1) is 0 Å². The van der Waals surface area contributed by atoms with Gasteiger partial charge in [0.2, 0.25) is 0 Å². The third kappa shape index (κ3) is 3.11. The second-order valence-electron chi connectivity index (χ2n) is 4.26. The molecule has 0 atom stereocenters. The Balaban J connectivity index is 2.26. The van der Waals surface area contributed by atoms with Crippen LogP contribution in [0.2, 0.25) is 0 Å². The molecule has 108 valence electrons. The SMILES string of the molecule is COc1ccccc1C(=O)Nc1ccc(C(=O)O)cc1N. The first kappa shape index (κ1) is 14.4. The molecule has 0 unspecified atom stereocenters. The van der Waals surface area contributed by atoms with Crippen molar-refractivity contribution in [2.24, 2.45) is 0 Å². The zero-order valence-corrected chi connectivity index (χ0v) is 11.3. The largest absolute Gasteiger partial charge is 0.496 e. The van der Waals surface area contributed by atoms with Gasteiger partial charge in [-0.3, -0.25) is 4.79 Å². The summed E-state index contributed by atoms with van der Waals surface area (Å²) in [5.41, 5.74) is 6.69. The van der Waals surface area contributed by atoms with Gasteiger partial charge in [-0.25, -0.2) is 4.79 Å². The van der Waals surface area contributed by atoms with E-state index >= 15 is 0 Å². The number of rotatable bonds is 4. The number of benzene rings is 2. The maximum atomic E-state index is 12.2. The summed E-state index contributed by atoms with van der Waals surface area (Å²) in [6.07, 6.45) is 0. The van der Waals surface area contributed by atoms with Crippen molar-refractivity contribution in [1.29, 1.82) is 0 Å². The van der Waals surface area contributed by atoms with Crippen LogP contribution in [0.1, 0.15) is 20.7 Å². The van der Waals surface area contributed by atoms with Gasteiger partial charge in [0.25, 0.3) is 5.91 Å². The van der Waals surface area contributed by atoms with Gasteiger partial charge in [0.15, 0.2) is 0 Å². The summed E-state index contributed by atoms with van der Waals surface area (Å²) in [5.74, 6) is -1.03. The minimum absolute atomic E-state index is 0.0581. The topological polar surface area (TPSA) is 102 Å². The summed E-state index contributed by atoms with van der Waals surface area (Å²) >= 11 is 0. The number of nitrogen functional groups attached to an aromatic ring is 1. The molecular weight excluding hydrogens is 272 g/mol. The number of aromatic carboxylic acids is 1. The smallest absolute Gasteiger partial charge is 0.335 e. The van der Waals surface area contributed by atoms with Gasteiger partial charge in [0.1, 0.15) is 5.75 Å². The number of nitrogens with two attached hydrogens (primary N) is 1. The number of hydrogen-bond donors (Lipinski definition) is 3. The lowest BCUT2D eigenvalue weighted by atomic mass is 10.1. The molecule has 2 rings (SSSR count). The lowest BCUT2D eigenvalue weighted by Gasteiger charge is -2.11. The van der Waals surface area contributed by atoms with Gasteiger partial charge in [-0.05, 0) is 30.3 Å². The highest BCUT2D eigenvalue weighted by molar-refractivity contribution is 6.07. The normalized spacial score (nSPS) is 9.95. The summed E-state index contributed by atoms with van der Waals surface area (Å²) in [7, 11) is 1.47. The highest BCUT2D eigenvalue weighted by atomic mass is 16.5. The van der Waals surface area contributed by atoms with E-state index in [1.807, 2.05) is 0 Å². The lowest BCUT2D eigenvalue weighted by molar-refractivity contribution is 0.0697. The van der Waals surface area contributed by atoms with Crippen LogP contribution in [0.25, 0.3) is 0 Å². The molecule has 2 aromatic carbocycles. The van der Waals surface area contributed by atoms with Gasteiger partial charge < -0.3 is 20.9 Å². The summed E-state index contributed by atoms with van der Waals surface area (Å²) < 4.78 is 5.12. The number of carboxylic acid groups (broad SMARTS) is 1. The number of ether oxygens (including phenoxy) is 1. The molecule has 1 amide bonds. The van der Waals surface area contributed by atoms with Crippen molar-refractivity contribution in [1.82, 2.24) is 0 Å². The summed E-state index contributed by atoms with van der Waals surface area (Å²) in [4.78, 5) is 23.0. The Morgan fingerprint density at radius 3 is 2.52 bits per heavy atom. The van der Waals surface area contributed by atoms with Crippen molar-refractivity contribution in [3.63, 3.8) is 0 Å². The number of nitrogens with one attached hydrogen (secondary N) is 1. The highest BCUT2D eigenvalue weighted by Crippen LogP contribution is 2.23. The molecule has 0 saturated heterocycles. The van der Waals surface area contributed by atoms with Crippen LogP contribution in [0.5, 0.6) is 5.75 Å². The van der Waals surface area contributed by atoms with Crippen LogP contribution >= 0.6 is 0 Å². The molecule has 0 fully saturated rings. The van der Waals surface area contributed by atoms with Crippen LogP contribution in [0.3, 0.4) is 0 Å². The molecule has 4 N–H and O–H groups in total. The fraction of sp³-hybridized carbons (Fsp3) is 0.0667. The minimum Gasteiger partial charge on any atom is -0.496 e. The predicted molar refractivity (Wildman–Crippen MR) is 78.8 cm³/mol. The summed E-state index contributed by atoms with van der Waals surface area (Å²) in [5, 5.41) is 11.5. The fourth-order valence-electron chi connectivity index (χ4n) is 1.83. The van der Waals surface area contributed by atoms with Crippen molar-refractivity contribution in [3.8, 4) is 5.75 Å². The lowest BCUT2D eigenvalue weighted by Crippen LogP contribution is -2.14. The molecule has 0 heterocycles. The van der Waals surface area contributed by atoms with E-state index in [-0.39, 0.29) is 17.2 Å². The summed E-state index contributed by atoms with van der Waals surface area (Å²) in [6.45, 7) is 0. The molecule has 0 aliphatic rings. The zero-order valence-electron chi connectivity index (χ0n) is 11.3. The van der Waals surface area contributed by atoms with Gasteiger partial charge in [0, 0.05) is 0 Å². The number of amides is 1. The van der Waals surface area contributed by atoms with Gasteiger partial charge >= 0.3 is 5.97 Å². The van der Waals surface area contributed by atoms with E-state index in [1.165, 1.54) is 25.3 Å². The van der Waals surface area contributed by atoms with Crippen LogP contribution in [-0.2, 0) is 0 Å². The van der Waals surface area contributed by atoms with Crippen molar-refractivity contribution >= 4 is 23.3 Å². The van der Waals surface area contributed by atoms with E-state index in [9.17, 15) is 9.59 Å². The molecule has 0 spiro atoms. The van der Waals surface area contributed by atoms with Gasteiger partial charge in [0.05, 0.1) is 29.6 Å². The molecule has 0 bridgehead atoms. The molecule has 0 radical (unpaired) electrons. The Morgan fingerprint density at radius 1 is 1.19 bits per heavy atom. The Hall–Kier alpha value is -3.02. The standard InChI is InChI=1S/C15H14N2O4/c1-21-13-5-3-2-4-10(13)14(18)17-12-7-6-9(15(19)20)8-11(12)16/h2-8H,16H2,1H3,(H,17,18)(H,19,20). The summed E-state index contributed by atoms with van der Waals surface area (Å²) in [6, 6.07) is 10.9. The average molecular weight is 286 g/mol. The van der Waals surface area contributed by atoms with Crippen LogP contribution in [-0.4, -0.2) is 24.1 Å². The van der Waals surface area contributed by atoms with E-state index in [2.05, 4.69) is 5.32 Å². The first-order valence-corrected chi connectivity index (χ1v) is 6.10. The Kier molecular flexibility index (Phi) is 4.08. The van der Waals surface area contributed by atoms with Gasteiger partial charge in [-0.15, -0.1) is 0 Å². The number of methoxy groups -OCH3 is 1. The number of para-hydroxylation sites is 1. The predicted octanol–water partition coefficient (Wildman–Crippen LogP) is 2.23. The molecule has 6 heteroatoms. The van der Waals surface area contributed by atoms with Crippen LogP contribution < -0.4 is 15.8 Å². The Morgan fingerprint density at radius 2 is 1.90 bits per heavy atom. The third-order valence-electron chi connectivity index (χ3n) is 2.90. The minimum atomic E-state index is -1.08. The number of carbonyl (C=O) groups is 2. The van der Waals surface area contributed by atoms with E-state index < -0.39 is 5.97 Å². The highest BCUT2D eigenvalue weighted by Gasteiger charge is 2.13. The quantitative estimate of drug-likeness (QED) is 0.748. The first-order valence-electron chi connectivity index (χ1n) is 6.10. The Bertz CT molecular complexity index is 698. The van der Waals surface area contributed by atoms with Crippen LogP contribution in [0.15, 0.2) is 42.5 Å². The molecule has 21 heavy (non-hydrogen) atoms.